The first-order chi connectivity index (χ1) is 9.90. The number of anilines is 1. The summed E-state index contributed by atoms with van der Waals surface area (Å²) in [6.07, 6.45) is 0.406. The number of amides is 1. The van der Waals surface area contributed by atoms with Gasteiger partial charge in [0.1, 0.15) is 0 Å². The lowest BCUT2D eigenvalue weighted by atomic mass is 10.2. The fourth-order valence-electron chi connectivity index (χ4n) is 2.12. The Kier molecular flexibility index (Phi) is 4.46. The predicted octanol–water partition coefficient (Wildman–Crippen LogP) is 0.431. The molecule has 0 aliphatic carbocycles. The molecule has 0 radical (unpaired) electrons. The average molecular weight is 312 g/mol. The van der Waals surface area contributed by atoms with Gasteiger partial charge in [0.15, 0.2) is 0 Å². The number of carboxylic acids is 1. The highest BCUT2D eigenvalue weighted by molar-refractivity contribution is 7.93. The van der Waals surface area contributed by atoms with Gasteiger partial charge in [-0.25, -0.2) is 8.42 Å². The second-order valence-electron chi connectivity index (χ2n) is 4.69. The number of benzene rings is 1. The zero-order valence-corrected chi connectivity index (χ0v) is 12.1. The highest BCUT2D eigenvalue weighted by Crippen LogP contribution is 2.24. The normalized spacial score (nSPS) is 16.7. The largest absolute Gasteiger partial charge is 0.481 e. The molecule has 0 saturated carbocycles. The zero-order valence-electron chi connectivity index (χ0n) is 11.3. The lowest BCUT2D eigenvalue weighted by Crippen LogP contribution is -2.27. The van der Waals surface area contributed by atoms with Gasteiger partial charge in [0.2, 0.25) is 10.0 Å². The maximum atomic E-state index is 11.9. The number of carbonyl (C=O) groups excluding carboxylic acids is 1. The summed E-state index contributed by atoms with van der Waals surface area (Å²) < 4.78 is 25.0. The standard InChI is InChI=1S/C13H16N2O5S/c16-12(17)5-6-14-13(18)10-3-1-4-11(9-10)15-7-2-8-21(15,19)20/h1,3-4,9H,2,5-8H2,(H,14,18)(H,16,17). The quantitative estimate of drug-likeness (QED) is 0.820. The monoisotopic (exact) mass is 312 g/mol. The molecule has 2 N–H and O–H groups in total. The lowest BCUT2D eigenvalue weighted by molar-refractivity contribution is -0.136. The van der Waals surface area contributed by atoms with Crippen LogP contribution in [0.3, 0.4) is 0 Å². The second kappa shape index (κ2) is 6.13. The van der Waals surface area contributed by atoms with E-state index in [2.05, 4.69) is 5.32 Å². The first-order valence-corrected chi connectivity index (χ1v) is 8.11. The third-order valence-electron chi connectivity index (χ3n) is 3.12. The van der Waals surface area contributed by atoms with Crippen molar-refractivity contribution in [2.24, 2.45) is 0 Å². The maximum absolute atomic E-state index is 11.9. The Balaban J connectivity index is 2.11. The van der Waals surface area contributed by atoms with Crippen LogP contribution >= 0.6 is 0 Å². The highest BCUT2D eigenvalue weighted by atomic mass is 32.2. The summed E-state index contributed by atoms with van der Waals surface area (Å²) >= 11 is 0. The van der Waals surface area contributed by atoms with Gasteiger partial charge >= 0.3 is 5.97 Å². The van der Waals surface area contributed by atoms with Crippen molar-refractivity contribution >= 4 is 27.6 Å². The van der Waals surface area contributed by atoms with E-state index in [4.69, 9.17) is 5.11 Å². The summed E-state index contributed by atoms with van der Waals surface area (Å²) in [6, 6.07) is 6.30. The minimum absolute atomic E-state index is 0.0282. The van der Waals surface area contributed by atoms with Crippen molar-refractivity contribution in [3.05, 3.63) is 29.8 Å². The topological polar surface area (TPSA) is 104 Å². The van der Waals surface area contributed by atoms with Gasteiger partial charge in [0, 0.05) is 18.7 Å². The molecule has 1 amide bonds. The van der Waals surface area contributed by atoms with Gasteiger partial charge in [-0.2, -0.15) is 0 Å². The van der Waals surface area contributed by atoms with Crippen LogP contribution in [0.25, 0.3) is 0 Å². The highest BCUT2D eigenvalue weighted by Gasteiger charge is 2.28. The number of sulfonamides is 1. The van der Waals surface area contributed by atoms with Crippen LogP contribution in [-0.2, 0) is 14.8 Å². The van der Waals surface area contributed by atoms with Gasteiger partial charge in [0.05, 0.1) is 17.9 Å². The van der Waals surface area contributed by atoms with Gasteiger partial charge in [-0.1, -0.05) is 6.07 Å². The summed E-state index contributed by atoms with van der Waals surface area (Å²) in [5.41, 5.74) is 0.762. The van der Waals surface area contributed by atoms with E-state index in [1.54, 1.807) is 18.2 Å². The van der Waals surface area contributed by atoms with Gasteiger partial charge in [-0.05, 0) is 24.6 Å². The smallest absolute Gasteiger partial charge is 0.305 e. The van der Waals surface area contributed by atoms with Crippen LogP contribution in [0.1, 0.15) is 23.2 Å². The fraction of sp³-hybridized carbons (Fsp3) is 0.385. The molecule has 1 aliphatic rings. The summed E-state index contributed by atoms with van der Waals surface area (Å²) in [5.74, 6) is -1.30. The average Bonchev–Trinajstić information content (AvgIpc) is 2.78. The van der Waals surface area contributed by atoms with Crippen LogP contribution in [0.2, 0.25) is 0 Å². The molecule has 0 spiro atoms. The molecule has 21 heavy (non-hydrogen) atoms. The van der Waals surface area contributed by atoms with Crippen molar-refractivity contribution in [1.29, 1.82) is 0 Å². The molecule has 1 aromatic carbocycles. The van der Waals surface area contributed by atoms with Crippen molar-refractivity contribution in [1.82, 2.24) is 5.32 Å². The number of rotatable bonds is 5. The molecule has 0 unspecified atom stereocenters. The van der Waals surface area contributed by atoms with Crippen LogP contribution in [0.15, 0.2) is 24.3 Å². The van der Waals surface area contributed by atoms with E-state index >= 15 is 0 Å². The van der Waals surface area contributed by atoms with Crippen molar-refractivity contribution in [2.45, 2.75) is 12.8 Å². The number of hydrogen-bond donors (Lipinski definition) is 2. The molecule has 1 heterocycles. The SMILES string of the molecule is O=C(O)CCNC(=O)c1cccc(N2CCCS2(=O)=O)c1. The lowest BCUT2D eigenvalue weighted by Gasteiger charge is -2.17. The Morgan fingerprint density at radius 1 is 1.33 bits per heavy atom. The summed E-state index contributed by atoms with van der Waals surface area (Å²) in [6.45, 7) is 0.437. The Morgan fingerprint density at radius 3 is 2.71 bits per heavy atom. The maximum Gasteiger partial charge on any atom is 0.305 e. The van der Waals surface area contributed by atoms with E-state index in [1.165, 1.54) is 10.4 Å². The molecule has 0 aromatic heterocycles. The fourth-order valence-corrected chi connectivity index (χ4v) is 3.67. The van der Waals surface area contributed by atoms with Gasteiger partial charge in [-0.3, -0.25) is 13.9 Å². The Morgan fingerprint density at radius 2 is 2.10 bits per heavy atom. The number of nitrogens with one attached hydrogen (secondary N) is 1. The van der Waals surface area contributed by atoms with Crippen molar-refractivity contribution in [3.8, 4) is 0 Å². The Labute approximate surface area is 122 Å². The Bertz CT molecular complexity index is 656. The first kappa shape index (κ1) is 15.3. The van der Waals surface area contributed by atoms with Gasteiger partial charge in [0.25, 0.3) is 5.91 Å². The first-order valence-electron chi connectivity index (χ1n) is 6.50. The second-order valence-corrected chi connectivity index (χ2v) is 6.70. The summed E-state index contributed by atoms with van der Waals surface area (Å²) in [5, 5.41) is 11.0. The van der Waals surface area contributed by atoms with E-state index < -0.39 is 21.9 Å². The predicted molar refractivity (Wildman–Crippen MR) is 76.8 cm³/mol. The molecule has 0 bridgehead atoms. The van der Waals surface area contributed by atoms with Crippen molar-refractivity contribution < 1.29 is 23.1 Å². The summed E-state index contributed by atoms with van der Waals surface area (Å²) in [7, 11) is -3.29. The van der Waals surface area contributed by atoms with E-state index in [0.717, 1.165) is 0 Å². The van der Waals surface area contributed by atoms with E-state index in [9.17, 15) is 18.0 Å². The van der Waals surface area contributed by atoms with Crippen LogP contribution in [0, 0.1) is 0 Å². The molecular weight excluding hydrogens is 296 g/mol. The van der Waals surface area contributed by atoms with Crippen molar-refractivity contribution in [3.63, 3.8) is 0 Å². The third kappa shape index (κ3) is 3.72. The zero-order chi connectivity index (χ0) is 15.5. The molecule has 7 nitrogen and oxygen atoms in total. The molecule has 114 valence electrons. The van der Waals surface area contributed by atoms with Crippen LogP contribution < -0.4 is 9.62 Å². The third-order valence-corrected chi connectivity index (χ3v) is 4.99. The summed E-state index contributed by atoms with van der Waals surface area (Å²) in [4.78, 5) is 22.3. The van der Waals surface area contributed by atoms with E-state index in [0.29, 0.717) is 24.2 Å². The number of aliphatic carboxylic acids is 1. The van der Waals surface area contributed by atoms with E-state index in [-0.39, 0.29) is 18.7 Å². The van der Waals surface area contributed by atoms with Crippen LogP contribution in [-0.4, -0.2) is 44.2 Å². The molecule has 2 rings (SSSR count). The minimum atomic E-state index is -3.29. The van der Waals surface area contributed by atoms with Gasteiger partial charge < -0.3 is 10.4 Å². The molecular formula is C13H16N2O5S. The Hall–Kier alpha value is -2.09. The minimum Gasteiger partial charge on any atom is -0.481 e. The number of carbonyl (C=O) groups is 2. The molecule has 8 heteroatoms. The molecule has 1 aliphatic heterocycles. The van der Waals surface area contributed by atoms with Crippen LogP contribution in [0.4, 0.5) is 5.69 Å². The molecule has 1 aromatic rings. The van der Waals surface area contributed by atoms with Crippen molar-refractivity contribution in [2.75, 3.05) is 23.1 Å². The number of carboxylic acid groups (broad SMARTS) is 1. The van der Waals surface area contributed by atoms with E-state index in [1.807, 2.05) is 0 Å². The molecule has 1 saturated heterocycles. The number of nitrogens with zero attached hydrogens (tertiary/aromatic N) is 1. The molecule has 1 fully saturated rings. The number of hydrogen-bond acceptors (Lipinski definition) is 4. The molecule has 0 atom stereocenters. The van der Waals surface area contributed by atoms with Gasteiger partial charge in [-0.15, -0.1) is 0 Å². The van der Waals surface area contributed by atoms with Crippen LogP contribution in [0.5, 0.6) is 0 Å².